The van der Waals surface area contributed by atoms with Crippen LogP contribution in [0.4, 0.5) is 5.82 Å². The summed E-state index contributed by atoms with van der Waals surface area (Å²) in [7, 11) is 0. The molecule has 0 amide bonds. The van der Waals surface area contributed by atoms with Crippen LogP contribution in [0.5, 0.6) is 0 Å². The molecule has 0 bridgehead atoms. The zero-order valence-corrected chi connectivity index (χ0v) is 15.4. The summed E-state index contributed by atoms with van der Waals surface area (Å²) in [5, 5.41) is 12.7. The number of carboxylic acid groups (broad SMARTS) is 1. The number of hydrogen-bond acceptors (Lipinski definition) is 5. The molecule has 1 aromatic heterocycles. The van der Waals surface area contributed by atoms with Crippen molar-refractivity contribution in [2.24, 2.45) is 5.41 Å². The van der Waals surface area contributed by atoms with Gasteiger partial charge in [0.15, 0.2) is 5.78 Å². The number of carboxylic acids is 1. The van der Waals surface area contributed by atoms with Crippen molar-refractivity contribution in [1.82, 2.24) is 9.97 Å². The monoisotopic (exact) mass is 381 g/mol. The highest BCUT2D eigenvalue weighted by Gasteiger charge is 2.43. The van der Waals surface area contributed by atoms with E-state index in [1.54, 1.807) is 18.2 Å². The van der Waals surface area contributed by atoms with Crippen LogP contribution >= 0.6 is 0 Å². The van der Waals surface area contributed by atoms with Crippen molar-refractivity contribution >= 4 is 17.6 Å². The average molecular weight is 381 g/mol. The lowest BCUT2D eigenvalue weighted by molar-refractivity contribution is -0.118. The molecule has 8 nitrogen and oxygen atoms in total. The smallest absolute Gasteiger partial charge is 0.335 e. The van der Waals surface area contributed by atoms with Gasteiger partial charge in [-0.15, -0.1) is 0 Å². The highest BCUT2D eigenvalue weighted by atomic mass is 16.4. The summed E-state index contributed by atoms with van der Waals surface area (Å²) in [5.74, 6) is -1.96. The van der Waals surface area contributed by atoms with Crippen LogP contribution in [0.25, 0.3) is 0 Å². The Balaban J connectivity index is 2.06. The largest absolute Gasteiger partial charge is 0.478 e. The Labute approximate surface area is 159 Å². The molecule has 2 aliphatic rings. The minimum atomic E-state index is -1.15. The van der Waals surface area contributed by atoms with Gasteiger partial charge in [-0.25, -0.2) is 9.59 Å². The molecule has 0 radical (unpaired) electrons. The first kappa shape index (κ1) is 18.0. The molecule has 0 unspecified atom stereocenters. The van der Waals surface area contributed by atoms with Gasteiger partial charge in [0.1, 0.15) is 5.82 Å². The number of H-pyrrole nitrogens is 2. The SMILES string of the molecule is CC1(C)CC(=O)C2=C(C1)Nc1[nH]c(=O)[nH]c(=O)c1[C@@H]2c1ccccc1C(=O)O. The van der Waals surface area contributed by atoms with E-state index in [-0.39, 0.29) is 34.6 Å². The van der Waals surface area contributed by atoms with E-state index in [0.717, 1.165) is 0 Å². The van der Waals surface area contributed by atoms with E-state index in [1.807, 2.05) is 13.8 Å². The van der Waals surface area contributed by atoms with Crippen molar-refractivity contribution in [2.45, 2.75) is 32.6 Å². The van der Waals surface area contributed by atoms with Crippen molar-refractivity contribution < 1.29 is 14.7 Å². The van der Waals surface area contributed by atoms with Crippen LogP contribution in [-0.2, 0) is 4.79 Å². The first-order valence-electron chi connectivity index (χ1n) is 8.90. The molecule has 1 atom stereocenters. The maximum atomic E-state index is 13.1. The number of carbonyl (C=O) groups is 2. The third-order valence-corrected chi connectivity index (χ3v) is 5.25. The molecule has 2 aromatic rings. The van der Waals surface area contributed by atoms with E-state index in [0.29, 0.717) is 23.3 Å². The summed E-state index contributed by atoms with van der Waals surface area (Å²) in [6, 6.07) is 6.30. The van der Waals surface area contributed by atoms with E-state index in [4.69, 9.17) is 0 Å². The minimum Gasteiger partial charge on any atom is -0.478 e. The first-order valence-corrected chi connectivity index (χ1v) is 8.90. The van der Waals surface area contributed by atoms with E-state index in [2.05, 4.69) is 15.3 Å². The van der Waals surface area contributed by atoms with Gasteiger partial charge in [-0.1, -0.05) is 32.0 Å². The van der Waals surface area contributed by atoms with E-state index in [1.165, 1.54) is 6.07 Å². The molecule has 4 N–H and O–H groups in total. The third-order valence-electron chi connectivity index (χ3n) is 5.25. The second-order valence-corrected chi connectivity index (χ2v) is 7.98. The highest BCUT2D eigenvalue weighted by Crippen LogP contribution is 2.47. The standard InChI is InChI=1S/C20H19N3O5/c1-20(2)7-11-14(12(24)8-20)13(9-5-3-4-6-10(9)18(26)27)15-16(21-11)22-19(28)23-17(15)25/h3-6,13H,7-8H2,1-2H3,(H,26,27)(H3,21,22,23,25,28)/t13-/m1/s1. The molecule has 0 spiro atoms. The quantitative estimate of drug-likeness (QED) is 0.629. The number of hydrogen-bond donors (Lipinski definition) is 4. The Morgan fingerprint density at radius 1 is 1.11 bits per heavy atom. The van der Waals surface area contributed by atoms with Crippen LogP contribution < -0.4 is 16.6 Å². The number of fused-ring (bicyclic) bond motifs is 1. The number of aromatic carboxylic acids is 1. The molecular weight excluding hydrogens is 362 g/mol. The maximum absolute atomic E-state index is 13.1. The summed E-state index contributed by atoms with van der Waals surface area (Å²) < 4.78 is 0. The topological polar surface area (TPSA) is 132 Å². The number of anilines is 1. The lowest BCUT2D eigenvalue weighted by atomic mass is 9.69. The second kappa shape index (κ2) is 6.05. The van der Waals surface area contributed by atoms with Crippen molar-refractivity contribution in [3.8, 4) is 0 Å². The van der Waals surface area contributed by atoms with Crippen LogP contribution in [0, 0.1) is 5.41 Å². The summed E-state index contributed by atoms with van der Waals surface area (Å²) in [6.07, 6.45) is 0.823. The van der Waals surface area contributed by atoms with Gasteiger partial charge >= 0.3 is 11.7 Å². The van der Waals surface area contributed by atoms with Crippen LogP contribution in [0.1, 0.15) is 54.1 Å². The van der Waals surface area contributed by atoms with Gasteiger partial charge in [0, 0.05) is 23.6 Å². The Hall–Kier alpha value is -3.42. The van der Waals surface area contributed by atoms with Crippen molar-refractivity contribution in [2.75, 3.05) is 5.32 Å². The van der Waals surface area contributed by atoms with Gasteiger partial charge < -0.3 is 10.4 Å². The number of allylic oxidation sites excluding steroid dienone is 2. The number of benzene rings is 1. The predicted octanol–water partition coefficient (Wildman–Crippen LogP) is 1.96. The van der Waals surface area contributed by atoms with Crippen LogP contribution in [0.3, 0.4) is 0 Å². The lowest BCUT2D eigenvalue weighted by Crippen LogP contribution is -2.39. The number of aromatic nitrogens is 2. The van der Waals surface area contributed by atoms with Crippen molar-refractivity contribution in [3.63, 3.8) is 0 Å². The third kappa shape index (κ3) is 2.77. The fourth-order valence-corrected chi connectivity index (χ4v) is 4.20. The van der Waals surface area contributed by atoms with Gasteiger partial charge in [-0.3, -0.25) is 19.6 Å². The Kier molecular flexibility index (Phi) is 3.88. The van der Waals surface area contributed by atoms with Crippen LogP contribution in [0.2, 0.25) is 0 Å². The van der Waals surface area contributed by atoms with Crippen LogP contribution in [-0.4, -0.2) is 26.8 Å². The van der Waals surface area contributed by atoms with Gasteiger partial charge in [0.25, 0.3) is 5.56 Å². The van der Waals surface area contributed by atoms with Gasteiger partial charge in [-0.2, -0.15) is 0 Å². The average Bonchev–Trinajstić information content (AvgIpc) is 2.58. The zero-order valence-electron chi connectivity index (χ0n) is 15.4. The Bertz CT molecular complexity index is 1170. The zero-order chi connectivity index (χ0) is 20.2. The molecule has 8 heteroatoms. The molecule has 0 saturated heterocycles. The van der Waals surface area contributed by atoms with Gasteiger partial charge in [0.2, 0.25) is 0 Å². The number of nitrogens with one attached hydrogen (secondary N) is 3. The molecule has 1 aliphatic heterocycles. The van der Waals surface area contributed by atoms with Crippen molar-refractivity contribution in [3.05, 3.63) is 73.1 Å². The van der Waals surface area contributed by atoms with E-state index >= 15 is 0 Å². The molecular formula is C20H19N3O5. The molecule has 2 heterocycles. The fraction of sp³-hybridized carbons (Fsp3) is 0.300. The normalized spacial score (nSPS) is 20.2. The van der Waals surface area contributed by atoms with Gasteiger partial charge in [-0.05, 0) is 23.5 Å². The lowest BCUT2D eigenvalue weighted by Gasteiger charge is -2.38. The second-order valence-electron chi connectivity index (χ2n) is 7.98. The van der Waals surface area contributed by atoms with E-state index in [9.17, 15) is 24.3 Å². The van der Waals surface area contributed by atoms with Gasteiger partial charge in [0.05, 0.1) is 11.1 Å². The molecule has 1 aliphatic carbocycles. The molecule has 28 heavy (non-hydrogen) atoms. The molecule has 0 fully saturated rings. The first-order chi connectivity index (χ1) is 13.2. The summed E-state index contributed by atoms with van der Waals surface area (Å²) in [5.41, 5.74) is -0.129. The van der Waals surface area contributed by atoms with Crippen molar-refractivity contribution in [1.29, 1.82) is 0 Å². The number of aromatic amines is 2. The number of Topliss-reactive ketones (excluding diaryl/α,β-unsaturated/α-hetero) is 1. The molecule has 1 aromatic carbocycles. The minimum absolute atomic E-state index is 0.00966. The maximum Gasteiger partial charge on any atom is 0.335 e. The molecule has 4 rings (SSSR count). The number of carbonyl (C=O) groups excluding carboxylic acids is 1. The number of rotatable bonds is 2. The highest BCUT2D eigenvalue weighted by molar-refractivity contribution is 6.02. The Morgan fingerprint density at radius 2 is 1.82 bits per heavy atom. The molecule has 0 saturated carbocycles. The summed E-state index contributed by atoms with van der Waals surface area (Å²) in [6.45, 7) is 3.93. The summed E-state index contributed by atoms with van der Waals surface area (Å²) >= 11 is 0. The van der Waals surface area contributed by atoms with E-state index < -0.39 is 23.1 Å². The molecule has 144 valence electrons. The Morgan fingerprint density at radius 3 is 2.54 bits per heavy atom. The summed E-state index contributed by atoms with van der Waals surface area (Å²) in [4.78, 5) is 54.1. The van der Waals surface area contributed by atoms with Crippen LogP contribution in [0.15, 0.2) is 45.1 Å². The predicted molar refractivity (Wildman–Crippen MR) is 102 cm³/mol. The fourth-order valence-electron chi connectivity index (χ4n) is 4.20. The number of ketones is 1.